The number of hydrogen-bond acceptors (Lipinski definition) is 6. The minimum atomic E-state index is -3.78. The molecule has 0 aromatic heterocycles. The van der Waals surface area contributed by atoms with Gasteiger partial charge in [-0.15, -0.1) is 0 Å². The van der Waals surface area contributed by atoms with Gasteiger partial charge >= 0.3 is 0 Å². The van der Waals surface area contributed by atoms with Crippen molar-refractivity contribution in [3.63, 3.8) is 0 Å². The molecule has 8 nitrogen and oxygen atoms in total. The summed E-state index contributed by atoms with van der Waals surface area (Å²) in [6.07, 6.45) is 0. The predicted octanol–water partition coefficient (Wildman–Crippen LogP) is 2.45. The number of hydrogen-bond donors (Lipinski definition) is 4. The highest BCUT2D eigenvalue weighted by molar-refractivity contribution is 7.93. The second-order valence-corrected chi connectivity index (χ2v) is 9.29. The van der Waals surface area contributed by atoms with Gasteiger partial charge in [-0.05, 0) is 72.8 Å². The molecule has 0 heterocycles. The molecule has 0 radical (unpaired) electrons. The molecule has 0 aliphatic carbocycles. The van der Waals surface area contributed by atoms with Crippen LogP contribution >= 0.6 is 0 Å². The van der Waals surface area contributed by atoms with Crippen LogP contribution in [0, 0.1) is 0 Å². The molecule has 0 fully saturated rings. The third kappa shape index (κ3) is 4.53. The summed E-state index contributed by atoms with van der Waals surface area (Å²) in [6.45, 7) is 0. The SMILES string of the molecule is Nc1ccc(S(=O)(=O)Nc2ccc(NS(=O)(=O)c3ccc(N)cc3)cc2)cc1. The number of anilines is 4. The van der Waals surface area contributed by atoms with Crippen molar-refractivity contribution in [3.05, 3.63) is 72.8 Å². The molecule has 3 rings (SSSR count). The predicted molar refractivity (Wildman–Crippen MR) is 110 cm³/mol. The lowest BCUT2D eigenvalue weighted by Crippen LogP contribution is -2.14. The minimum Gasteiger partial charge on any atom is -0.399 e. The van der Waals surface area contributed by atoms with Crippen molar-refractivity contribution in [2.24, 2.45) is 0 Å². The highest BCUT2D eigenvalue weighted by atomic mass is 32.2. The van der Waals surface area contributed by atoms with E-state index >= 15 is 0 Å². The largest absolute Gasteiger partial charge is 0.399 e. The molecule has 0 atom stereocenters. The highest BCUT2D eigenvalue weighted by Crippen LogP contribution is 2.21. The first-order valence-electron chi connectivity index (χ1n) is 8.02. The van der Waals surface area contributed by atoms with Gasteiger partial charge in [-0.3, -0.25) is 9.44 Å². The van der Waals surface area contributed by atoms with Gasteiger partial charge in [0.2, 0.25) is 0 Å². The molecule has 0 aliphatic heterocycles. The van der Waals surface area contributed by atoms with E-state index in [9.17, 15) is 16.8 Å². The lowest BCUT2D eigenvalue weighted by molar-refractivity contribution is 0.599. The zero-order chi connectivity index (χ0) is 20.4. The third-order valence-corrected chi connectivity index (χ3v) is 6.56. The van der Waals surface area contributed by atoms with E-state index in [1.165, 1.54) is 72.8 Å². The normalized spacial score (nSPS) is 11.7. The third-order valence-electron chi connectivity index (χ3n) is 3.77. The Kier molecular flexibility index (Phi) is 5.16. The fraction of sp³-hybridized carbons (Fsp3) is 0. The maximum absolute atomic E-state index is 12.4. The van der Waals surface area contributed by atoms with Crippen molar-refractivity contribution in [3.8, 4) is 0 Å². The Balaban J connectivity index is 1.74. The van der Waals surface area contributed by atoms with Crippen LogP contribution in [0.5, 0.6) is 0 Å². The van der Waals surface area contributed by atoms with E-state index in [1.54, 1.807) is 0 Å². The van der Waals surface area contributed by atoms with Crippen LogP contribution in [0.15, 0.2) is 82.6 Å². The number of nitrogen functional groups attached to an aromatic ring is 2. The quantitative estimate of drug-likeness (QED) is 0.453. The minimum absolute atomic E-state index is 0.0647. The topological polar surface area (TPSA) is 144 Å². The van der Waals surface area contributed by atoms with E-state index in [-0.39, 0.29) is 21.2 Å². The van der Waals surface area contributed by atoms with Gasteiger partial charge in [-0.2, -0.15) is 0 Å². The lowest BCUT2D eigenvalue weighted by atomic mass is 10.3. The van der Waals surface area contributed by atoms with Crippen molar-refractivity contribution in [1.82, 2.24) is 0 Å². The van der Waals surface area contributed by atoms with E-state index < -0.39 is 20.0 Å². The van der Waals surface area contributed by atoms with E-state index in [0.29, 0.717) is 11.4 Å². The van der Waals surface area contributed by atoms with Crippen molar-refractivity contribution in [2.45, 2.75) is 9.79 Å². The van der Waals surface area contributed by atoms with Crippen molar-refractivity contribution in [2.75, 3.05) is 20.9 Å². The van der Waals surface area contributed by atoms with E-state index in [1.807, 2.05) is 0 Å². The molecule has 0 unspecified atom stereocenters. The average Bonchev–Trinajstić information content (AvgIpc) is 2.64. The van der Waals surface area contributed by atoms with Gasteiger partial charge in [0, 0.05) is 22.7 Å². The standard InChI is InChI=1S/C18H18N4O4S2/c19-13-1-9-17(10-2-13)27(23,24)21-15-5-7-16(8-6-15)22-28(25,26)18-11-3-14(20)4-12-18/h1-12,21-22H,19-20H2. The maximum Gasteiger partial charge on any atom is 0.261 e. The van der Waals surface area contributed by atoms with Crippen LogP contribution in [0.25, 0.3) is 0 Å². The van der Waals surface area contributed by atoms with E-state index in [0.717, 1.165) is 0 Å². The number of rotatable bonds is 6. The fourth-order valence-electron chi connectivity index (χ4n) is 2.33. The number of benzene rings is 3. The maximum atomic E-state index is 12.4. The lowest BCUT2D eigenvalue weighted by Gasteiger charge is -2.11. The molecule has 0 aliphatic rings. The Morgan fingerprint density at radius 3 is 1.07 bits per heavy atom. The van der Waals surface area contributed by atoms with Crippen LogP contribution < -0.4 is 20.9 Å². The van der Waals surface area contributed by atoms with Gasteiger partial charge < -0.3 is 11.5 Å². The zero-order valence-corrected chi connectivity index (χ0v) is 16.2. The highest BCUT2D eigenvalue weighted by Gasteiger charge is 2.16. The van der Waals surface area contributed by atoms with E-state index in [2.05, 4.69) is 9.44 Å². The van der Waals surface area contributed by atoms with Gasteiger partial charge in [-0.1, -0.05) is 0 Å². The molecule has 0 amide bonds. The van der Waals surface area contributed by atoms with Crippen LogP contribution in [0.2, 0.25) is 0 Å². The number of nitrogens with one attached hydrogen (secondary N) is 2. The molecule has 0 bridgehead atoms. The van der Waals surface area contributed by atoms with Gasteiger partial charge in [0.15, 0.2) is 0 Å². The Bertz CT molecular complexity index is 1080. The molecule has 0 saturated carbocycles. The Morgan fingerprint density at radius 1 is 0.500 bits per heavy atom. The molecular formula is C18H18N4O4S2. The Labute approximate surface area is 163 Å². The Morgan fingerprint density at radius 2 is 0.786 bits per heavy atom. The molecule has 3 aromatic rings. The average molecular weight is 419 g/mol. The molecule has 6 N–H and O–H groups in total. The van der Waals surface area contributed by atoms with Crippen LogP contribution in [0.4, 0.5) is 22.7 Å². The summed E-state index contributed by atoms with van der Waals surface area (Å²) in [5.74, 6) is 0. The first-order chi connectivity index (χ1) is 13.2. The Hall–Kier alpha value is -3.24. The summed E-state index contributed by atoms with van der Waals surface area (Å²) in [4.78, 5) is 0.129. The van der Waals surface area contributed by atoms with Crippen LogP contribution in [0.3, 0.4) is 0 Å². The molecule has 0 spiro atoms. The first kappa shape index (κ1) is 19.5. The molecule has 3 aromatic carbocycles. The number of sulfonamides is 2. The fourth-order valence-corrected chi connectivity index (χ4v) is 4.45. The van der Waals surface area contributed by atoms with Crippen LogP contribution in [-0.4, -0.2) is 16.8 Å². The summed E-state index contributed by atoms with van der Waals surface area (Å²) >= 11 is 0. The summed E-state index contributed by atoms with van der Waals surface area (Å²) in [7, 11) is -7.56. The molecular weight excluding hydrogens is 400 g/mol. The molecule has 0 saturated heterocycles. The van der Waals surface area contributed by atoms with Crippen molar-refractivity contribution >= 4 is 42.8 Å². The second kappa shape index (κ2) is 7.41. The van der Waals surface area contributed by atoms with Gasteiger partial charge in [-0.25, -0.2) is 16.8 Å². The first-order valence-corrected chi connectivity index (χ1v) is 11.0. The summed E-state index contributed by atoms with van der Waals surface area (Å²) in [5.41, 5.74) is 12.6. The van der Waals surface area contributed by atoms with Crippen LogP contribution in [0.1, 0.15) is 0 Å². The van der Waals surface area contributed by atoms with E-state index in [4.69, 9.17) is 11.5 Å². The van der Waals surface area contributed by atoms with Crippen molar-refractivity contribution < 1.29 is 16.8 Å². The summed E-state index contributed by atoms with van der Waals surface area (Å²) in [5, 5.41) is 0. The molecule has 146 valence electrons. The van der Waals surface area contributed by atoms with Gasteiger partial charge in [0.25, 0.3) is 20.0 Å². The second-order valence-electron chi connectivity index (χ2n) is 5.93. The zero-order valence-electron chi connectivity index (χ0n) is 14.5. The van der Waals surface area contributed by atoms with Gasteiger partial charge in [0.1, 0.15) is 0 Å². The molecule has 28 heavy (non-hydrogen) atoms. The summed E-state index contributed by atoms with van der Waals surface area (Å²) < 4.78 is 54.3. The smallest absolute Gasteiger partial charge is 0.261 e. The number of nitrogens with two attached hydrogens (primary N) is 2. The van der Waals surface area contributed by atoms with Crippen molar-refractivity contribution in [1.29, 1.82) is 0 Å². The van der Waals surface area contributed by atoms with Gasteiger partial charge in [0.05, 0.1) is 9.79 Å². The monoisotopic (exact) mass is 418 g/mol. The summed E-state index contributed by atoms with van der Waals surface area (Å²) in [6, 6.07) is 17.4. The molecule has 10 heteroatoms. The van der Waals surface area contributed by atoms with Crippen LogP contribution in [-0.2, 0) is 20.0 Å².